The molecule has 0 bridgehead atoms. The molecule has 0 atom stereocenters. The van der Waals surface area contributed by atoms with E-state index in [9.17, 15) is 4.79 Å². The monoisotopic (exact) mass is 443 g/mol. The van der Waals surface area contributed by atoms with E-state index in [0.29, 0.717) is 12.6 Å². The Bertz CT molecular complexity index is 890. The molecular formula is C23H26BrNO3. The number of benzene rings is 2. The number of hydrogen-bond donors (Lipinski definition) is 0. The van der Waals surface area contributed by atoms with Crippen molar-refractivity contribution in [1.29, 1.82) is 0 Å². The number of amides is 1. The minimum atomic E-state index is 0.171. The second-order valence-electron chi connectivity index (χ2n) is 7.69. The summed E-state index contributed by atoms with van der Waals surface area (Å²) >= 11 is 3.57. The third kappa shape index (κ3) is 3.83. The fourth-order valence-corrected chi connectivity index (χ4v) is 4.80. The summed E-state index contributed by atoms with van der Waals surface area (Å²) < 4.78 is 12.5. The molecule has 28 heavy (non-hydrogen) atoms. The smallest absolute Gasteiger partial charge is 0.254 e. The Morgan fingerprint density at radius 2 is 1.96 bits per heavy atom. The van der Waals surface area contributed by atoms with Crippen molar-refractivity contribution < 1.29 is 14.3 Å². The van der Waals surface area contributed by atoms with Gasteiger partial charge in [0.05, 0.1) is 4.47 Å². The van der Waals surface area contributed by atoms with Crippen LogP contribution in [-0.2, 0) is 17.8 Å². The Labute approximate surface area is 175 Å². The van der Waals surface area contributed by atoms with Gasteiger partial charge in [-0.25, -0.2) is 0 Å². The number of rotatable bonds is 4. The lowest BCUT2D eigenvalue weighted by Gasteiger charge is -2.38. The van der Waals surface area contributed by atoms with Gasteiger partial charge in [0.1, 0.15) is 12.4 Å². The summed E-state index contributed by atoms with van der Waals surface area (Å²) in [4.78, 5) is 15.1. The van der Waals surface area contributed by atoms with Gasteiger partial charge in [-0.15, -0.1) is 0 Å². The minimum Gasteiger partial charge on any atom is -0.488 e. The van der Waals surface area contributed by atoms with Crippen LogP contribution in [0.2, 0.25) is 0 Å². The summed E-state index contributed by atoms with van der Waals surface area (Å²) in [6.07, 6.45) is 2.79. The van der Waals surface area contributed by atoms with E-state index in [1.807, 2.05) is 24.3 Å². The van der Waals surface area contributed by atoms with E-state index in [1.54, 1.807) is 0 Å². The first-order valence-electron chi connectivity index (χ1n) is 9.93. The maximum atomic E-state index is 13.1. The highest BCUT2D eigenvalue weighted by atomic mass is 79.9. The number of aryl methyl sites for hydroxylation is 1. The second kappa shape index (κ2) is 8.26. The zero-order chi connectivity index (χ0) is 19.7. The Morgan fingerprint density at radius 3 is 2.71 bits per heavy atom. The zero-order valence-corrected chi connectivity index (χ0v) is 18.0. The summed E-state index contributed by atoms with van der Waals surface area (Å²) in [5.74, 6) is 1.01. The molecule has 0 unspecified atom stereocenters. The van der Waals surface area contributed by atoms with E-state index in [0.717, 1.165) is 60.4 Å². The standard InChI is InChI=1S/C23H26BrNO3/c1-15-3-6-22(21(24)13-15)28-14-17-4-5-20-19(16(17)2)7-10-25(23(20)26)18-8-11-27-12-9-18/h3-6,13,18H,7-12,14H2,1-2H3. The Balaban J connectivity index is 1.51. The number of carbonyl (C=O) groups is 1. The highest BCUT2D eigenvalue weighted by molar-refractivity contribution is 9.10. The van der Waals surface area contributed by atoms with Crippen LogP contribution in [0.1, 0.15) is 45.5 Å². The molecule has 2 aromatic rings. The third-order valence-electron chi connectivity index (χ3n) is 5.91. The molecule has 4 rings (SSSR count). The molecule has 2 heterocycles. The predicted octanol–water partition coefficient (Wildman–Crippen LogP) is 4.82. The van der Waals surface area contributed by atoms with E-state index < -0.39 is 0 Å². The number of fused-ring (bicyclic) bond motifs is 1. The van der Waals surface area contributed by atoms with Gasteiger partial charge >= 0.3 is 0 Å². The highest BCUT2D eigenvalue weighted by Crippen LogP contribution is 2.30. The predicted molar refractivity (Wildman–Crippen MR) is 113 cm³/mol. The summed E-state index contributed by atoms with van der Waals surface area (Å²) in [6, 6.07) is 10.4. The van der Waals surface area contributed by atoms with E-state index in [-0.39, 0.29) is 5.91 Å². The SMILES string of the molecule is Cc1ccc(OCc2ccc3c(c2C)CCN(C2CCOCC2)C3=O)c(Br)c1. The van der Waals surface area contributed by atoms with Crippen LogP contribution in [0.25, 0.3) is 0 Å². The van der Waals surface area contributed by atoms with Crippen molar-refractivity contribution in [1.82, 2.24) is 4.90 Å². The number of carbonyl (C=O) groups excluding carboxylic acids is 1. The molecule has 0 saturated carbocycles. The molecule has 4 nitrogen and oxygen atoms in total. The summed E-state index contributed by atoms with van der Waals surface area (Å²) in [5.41, 5.74) is 5.55. The van der Waals surface area contributed by atoms with Crippen LogP contribution in [0.3, 0.4) is 0 Å². The molecule has 2 aliphatic heterocycles. The summed E-state index contributed by atoms with van der Waals surface area (Å²) in [6.45, 7) is 6.97. The molecule has 0 spiro atoms. The fourth-order valence-electron chi connectivity index (χ4n) is 4.20. The first kappa shape index (κ1) is 19.5. The largest absolute Gasteiger partial charge is 0.488 e. The van der Waals surface area contributed by atoms with Gasteiger partial charge in [0, 0.05) is 31.4 Å². The molecule has 0 aromatic heterocycles. The van der Waals surface area contributed by atoms with Gasteiger partial charge < -0.3 is 14.4 Å². The average molecular weight is 444 g/mol. The Morgan fingerprint density at radius 1 is 1.18 bits per heavy atom. The minimum absolute atomic E-state index is 0.171. The lowest BCUT2D eigenvalue weighted by Crippen LogP contribution is -2.47. The van der Waals surface area contributed by atoms with Gasteiger partial charge in [0.15, 0.2) is 0 Å². The third-order valence-corrected chi connectivity index (χ3v) is 6.53. The van der Waals surface area contributed by atoms with Crippen molar-refractivity contribution in [3.05, 3.63) is 62.6 Å². The molecule has 2 aliphatic rings. The first-order valence-corrected chi connectivity index (χ1v) is 10.7. The van der Waals surface area contributed by atoms with Crippen LogP contribution in [0.15, 0.2) is 34.8 Å². The van der Waals surface area contributed by atoms with E-state index in [1.165, 1.54) is 16.7 Å². The number of nitrogens with zero attached hydrogens (tertiary/aromatic N) is 1. The maximum absolute atomic E-state index is 13.1. The van der Waals surface area contributed by atoms with Crippen LogP contribution < -0.4 is 4.74 Å². The summed E-state index contributed by atoms with van der Waals surface area (Å²) in [7, 11) is 0. The quantitative estimate of drug-likeness (QED) is 0.679. The number of ether oxygens (including phenoxy) is 2. The Hall–Kier alpha value is -1.85. The molecule has 1 fully saturated rings. The molecule has 0 radical (unpaired) electrons. The van der Waals surface area contributed by atoms with Gasteiger partial charge in [-0.3, -0.25) is 4.79 Å². The molecule has 5 heteroatoms. The molecule has 2 aromatic carbocycles. The molecule has 148 valence electrons. The second-order valence-corrected chi connectivity index (χ2v) is 8.54. The summed E-state index contributed by atoms with van der Waals surface area (Å²) in [5, 5.41) is 0. The van der Waals surface area contributed by atoms with Crippen molar-refractivity contribution >= 4 is 21.8 Å². The van der Waals surface area contributed by atoms with Crippen molar-refractivity contribution in [3.63, 3.8) is 0 Å². The topological polar surface area (TPSA) is 38.8 Å². The Kier molecular flexibility index (Phi) is 5.74. The zero-order valence-electron chi connectivity index (χ0n) is 16.5. The molecular weight excluding hydrogens is 418 g/mol. The van der Waals surface area contributed by atoms with Crippen LogP contribution >= 0.6 is 15.9 Å². The van der Waals surface area contributed by atoms with Crippen molar-refractivity contribution in [2.45, 2.75) is 45.8 Å². The van der Waals surface area contributed by atoms with Crippen LogP contribution in [-0.4, -0.2) is 36.6 Å². The highest BCUT2D eigenvalue weighted by Gasteiger charge is 2.32. The van der Waals surface area contributed by atoms with Gasteiger partial charge in [0.2, 0.25) is 0 Å². The van der Waals surface area contributed by atoms with Gasteiger partial charge in [-0.1, -0.05) is 12.1 Å². The molecule has 0 aliphatic carbocycles. The lowest BCUT2D eigenvalue weighted by atomic mass is 9.90. The van der Waals surface area contributed by atoms with Crippen molar-refractivity contribution in [2.24, 2.45) is 0 Å². The molecule has 0 N–H and O–H groups in total. The molecule has 1 amide bonds. The number of hydrogen-bond acceptors (Lipinski definition) is 3. The van der Waals surface area contributed by atoms with Crippen LogP contribution in [0.5, 0.6) is 5.75 Å². The van der Waals surface area contributed by atoms with Crippen molar-refractivity contribution in [2.75, 3.05) is 19.8 Å². The van der Waals surface area contributed by atoms with Gasteiger partial charge in [0.25, 0.3) is 5.91 Å². The molecule has 1 saturated heterocycles. The van der Waals surface area contributed by atoms with E-state index >= 15 is 0 Å². The van der Waals surface area contributed by atoms with Gasteiger partial charge in [-0.05, 0) is 89.5 Å². The van der Waals surface area contributed by atoms with E-state index in [2.05, 4.69) is 40.7 Å². The first-order chi connectivity index (χ1) is 13.5. The van der Waals surface area contributed by atoms with E-state index in [4.69, 9.17) is 9.47 Å². The van der Waals surface area contributed by atoms with Crippen LogP contribution in [0, 0.1) is 13.8 Å². The number of halogens is 1. The normalized spacial score (nSPS) is 17.5. The van der Waals surface area contributed by atoms with Crippen LogP contribution in [0.4, 0.5) is 0 Å². The van der Waals surface area contributed by atoms with Gasteiger partial charge in [-0.2, -0.15) is 0 Å². The maximum Gasteiger partial charge on any atom is 0.254 e. The fraction of sp³-hybridized carbons (Fsp3) is 0.435. The van der Waals surface area contributed by atoms with Crippen molar-refractivity contribution in [3.8, 4) is 5.75 Å². The lowest BCUT2D eigenvalue weighted by molar-refractivity contribution is 0.0276. The average Bonchev–Trinajstić information content (AvgIpc) is 2.70.